The lowest BCUT2D eigenvalue weighted by Crippen LogP contribution is -2.65. The van der Waals surface area contributed by atoms with Crippen LogP contribution in [-0.4, -0.2) is 194 Å². The molecule has 4 aliphatic heterocycles. The normalized spacial score (nSPS) is 52.7. The molecule has 67 heavy (non-hydrogen) atoms. The van der Waals surface area contributed by atoms with E-state index in [2.05, 4.69) is 26.8 Å². The number of fused-ring (bicyclic) bond motifs is 7. The van der Waals surface area contributed by atoms with Crippen molar-refractivity contribution in [3.05, 3.63) is 11.6 Å². The van der Waals surface area contributed by atoms with Crippen LogP contribution in [0.25, 0.3) is 0 Å². The summed E-state index contributed by atoms with van der Waals surface area (Å²) in [7, 11) is -5.16. The molecule has 4 heterocycles. The van der Waals surface area contributed by atoms with Crippen molar-refractivity contribution in [2.24, 2.45) is 46.3 Å². The lowest BCUT2D eigenvalue weighted by atomic mass is 9.47. The molecule has 21 nitrogen and oxygen atoms in total. The van der Waals surface area contributed by atoms with E-state index in [9.17, 15) is 64.0 Å². The molecule has 4 aliphatic carbocycles. The molecule has 0 radical (unpaired) electrons. The van der Waals surface area contributed by atoms with E-state index in [1.165, 1.54) is 12.5 Å². The average Bonchev–Trinajstić information content (AvgIpc) is 3.72. The van der Waals surface area contributed by atoms with Crippen LogP contribution in [0.4, 0.5) is 0 Å². The Labute approximate surface area is 391 Å². The summed E-state index contributed by atoms with van der Waals surface area (Å²) in [6.45, 7) is 8.94. The van der Waals surface area contributed by atoms with Crippen LogP contribution in [0.5, 0.6) is 0 Å². The number of aliphatic hydroxyl groups excluding tert-OH is 9. The van der Waals surface area contributed by atoms with Crippen molar-refractivity contribution in [3.63, 3.8) is 0 Å². The van der Waals surface area contributed by atoms with E-state index in [0.717, 1.165) is 32.1 Å². The second kappa shape index (κ2) is 19.7. The fourth-order valence-electron chi connectivity index (χ4n) is 13.7. The Kier molecular flexibility index (Phi) is 15.4. The van der Waals surface area contributed by atoms with Crippen LogP contribution in [0.15, 0.2) is 11.6 Å². The van der Waals surface area contributed by atoms with Gasteiger partial charge in [-0.15, -0.1) is 0 Å². The summed E-state index contributed by atoms with van der Waals surface area (Å²) < 4.78 is 79.7. The SMILES string of the molecule is C[C@H](CC[C@@]1(O)O[C@H]2C[C@H]3[C@@H]4CC=C5C[C@@H](O[C@@H]6O[C@H](CO)[C@@H](OS(=O)(=O)O)[C@@H](O)[C@H]6O[C@@H]6O[C@@H](C)[C@H](O)[C@@H](O)[C@H]6O)CC[C@]5(C)[C@H]4CC[C@]3(C)[C@H]2[C@@H]1C)CO[C@@H]1O[C@H](CO)[C@@H](O)[C@H](O)[C@H]1O. The Morgan fingerprint density at radius 2 is 1.46 bits per heavy atom. The van der Waals surface area contributed by atoms with Gasteiger partial charge >= 0.3 is 10.4 Å². The van der Waals surface area contributed by atoms with E-state index in [4.69, 9.17) is 37.3 Å². The van der Waals surface area contributed by atoms with Crippen molar-refractivity contribution < 1.29 is 101 Å². The maximum Gasteiger partial charge on any atom is 0.397 e. The zero-order chi connectivity index (χ0) is 48.7. The molecule has 22 heteroatoms. The minimum atomic E-state index is -5.16. The average molecular weight is 983 g/mol. The molecule has 3 saturated carbocycles. The minimum Gasteiger partial charge on any atom is -0.394 e. The van der Waals surface area contributed by atoms with Crippen LogP contribution in [-0.2, 0) is 47.7 Å². The fourth-order valence-corrected chi connectivity index (χ4v) is 14.3. The Bertz CT molecular complexity index is 1860. The summed E-state index contributed by atoms with van der Waals surface area (Å²) in [5.41, 5.74) is 1.01. The van der Waals surface area contributed by atoms with Crippen molar-refractivity contribution in [2.45, 2.75) is 203 Å². The van der Waals surface area contributed by atoms with Crippen LogP contribution in [0.1, 0.15) is 92.4 Å². The smallest absolute Gasteiger partial charge is 0.394 e. The van der Waals surface area contributed by atoms with Gasteiger partial charge in [-0.25, -0.2) is 4.18 Å². The van der Waals surface area contributed by atoms with E-state index in [1.54, 1.807) is 0 Å². The van der Waals surface area contributed by atoms with E-state index < -0.39 is 128 Å². The Hall–Kier alpha value is -1.07. The third kappa shape index (κ3) is 9.69. The van der Waals surface area contributed by atoms with Gasteiger partial charge in [0, 0.05) is 12.3 Å². The Morgan fingerprint density at radius 3 is 2.15 bits per heavy atom. The van der Waals surface area contributed by atoms with Gasteiger partial charge in [0.25, 0.3) is 0 Å². The Balaban J connectivity index is 0.905. The van der Waals surface area contributed by atoms with E-state index in [1.807, 2.05) is 6.92 Å². The molecule has 26 atom stereocenters. The van der Waals surface area contributed by atoms with Gasteiger partial charge in [-0.2, -0.15) is 8.42 Å². The van der Waals surface area contributed by atoms with Crippen LogP contribution < -0.4 is 0 Å². The summed E-state index contributed by atoms with van der Waals surface area (Å²) in [5, 5.41) is 105. The largest absolute Gasteiger partial charge is 0.397 e. The monoisotopic (exact) mass is 982 g/mol. The maximum atomic E-state index is 12.1. The molecule has 0 spiro atoms. The summed E-state index contributed by atoms with van der Waals surface area (Å²) in [6, 6.07) is 0. The lowest BCUT2D eigenvalue weighted by molar-refractivity contribution is -0.368. The first-order valence-corrected chi connectivity index (χ1v) is 25.4. The molecular formula is C45H74O21S. The highest BCUT2D eigenvalue weighted by atomic mass is 32.3. The fraction of sp³-hybridized carbons (Fsp3) is 0.956. The molecule has 0 bridgehead atoms. The number of ether oxygens (including phenoxy) is 7. The quantitative estimate of drug-likeness (QED) is 0.0734. The van der Waals surface area contributed by atoms with Crippen LogP contribution in [0, 0.1) is 46.3 Å². The lowest BCUT2D eigenvalue weighted by Gasteiger charge is -2.58. The zero-order valence-electron chi connectivity index (χ0n) is 38.8. The van der Waals surface area contributed by atoms with Gasteiger partial charge in [0.15, 0.2) is 24.7 Å². The standard InChI is InChI=1S/C45H74O21S/c1-19(18-59-40-35(52)34(51)32(49)28(16-46)62-40)8-13-45(55)20(2)30-27(65-45)15-26-24-7-6-22-14-23(9-11-43(22,4)25(24)10-12-44(26,30)5)61-42-39(64-41-36(53)33(50)31(48)21(3)60-41)37(54)38(29(17-47)63-42)66-67(56,57)58/h6,19-21,23-42,46-55H,7-18H2,1-5H3,(H,56,57,58)/t19-,20+,21+,23+,24-,25+,26+,27+,28-,29-,30+,31+,32-,33-,34+,35-,36-,37-,38-,39-,40-,41+,42-,43+,44+,45-/m1/s1. The molecule has 0 unspecified atom stereocenters. The molecule has 0 aromatic carbocycles. The first kappa shape index (κ1) is 52.3. The highest BCUT2D eigenvalue weighted by Crippen LogP contribution is 2.70. The Morgan fingerprint density at radius 1 is 0.791 bits per heavy atom. The zero-order valence-corrected chi connectivity index (χ0v) is 39.6. The predicted molar refractivity (Wildman–Crippen MR) is 228 cm³/mol. The van der Waals surface area contributed by atoms with Crippen LogP contribution in [0.3, 0.4) is 0 Å². The van der Waals surface area contributed by atoms with Gasteiger partial charge in [-0.3, -0.25) is 4.55 Å². The number of hydrogen-bond acceptors (Lipinski definition) is 20. The molecule has 0 amide bonds. The van der Waals surface area contributed by atoms with Crippen LogP contribution in [0.2, 0.25) is 0 Å². The summed E-state index contributed by atoms with van der Waals surface area (Å²) in [5.74, 6) is -0.279. The van der Waals surface area contributed by atoms with Gasteiger partial charge < -0.3 is 84.2 Å². The van der Waals surface area contributed by atoms with Gasteiger partial charge in [-0.1, -0.05) is 39.3 Å². The molecule has 386 valence electrons. The number of allylic oxidation sites excluding steroid dienone is 1. The third-order valence-electron chi connectivity index (χ3n) is 17.6. The van der Waals surface area contributed by atoms with Gasteiger partial charge in [0.05, 0.1) is 38.1 Å². The van der Waals surface area contributed by atoms with E-state index in [0.29, 0.717) is 43.4 Å². The molecule has 8 rings (SSSR count). The van der Waals surface area contributed by atoms with Crippen molar-refractivity contribution in [1.82, 2.24) is 0 Å². The molecule has 0 aromatic heterocycles. The number of aliphatic hydroxyl groups is 10. The van der Waals surface area contributed by atoms with E-state index in [-0.39, 0.29) is 41.3 Å². The topological polar surface area (TPSA) is 331 Å². The predicted octanol–water partition coefficient (Wildman–Crippen LogP) is -1.00. The van der Waals surface area contributed by atoms with Gasteiger partial charge in [0.2, 0.25) is 0 Å². The summed E-state index contributed by atoms with van der Waals surface area (Å²) >= 11 is 0. The number of hydrogen-bond donors (Lipinski definition) is 11. The second-order valence-corrected chi connectivity index (χ2v) is 22.6. The van der Waals surface area contributed by atoms with Crippen LogP contribution >= 0.6 is 0 Å². The number of rotatable bonds is 14. The van der Waals surface area contributed by atoms with E-state index >= 15 is 0 Å². The third-order valence-corrected chi connectivity index (χ3v) is 18.1. The molecule has 11 N–H and O–H groups in total. The van der Waals surface area contributed by atoms with Crippen molar-refractivity contribution in [3.8, 4) is 0 Å². The highest BCUT2D eigenvalue weighted by Gasteiger charge is 2.68. The van der Waals surface area contributed by atoms with Crippen molar-refractivity contribution in [1.29, 1.82) is 0 Å². The summed E-state index contributed by atoms with van der Waals surface area (Å²) in [4.78, 5) is 0. The van der Waals surface area contributed by atoms with Gasteiger partial charge in [-0.05, 0) is 98.7 Å². The molecule has 4 saturated heterocycles. The molecule has 8 aliphatic rings. The second-order valence-electron chi connectivity index (χ2n) is 21.5. The first-order chi connectivity index (χ1) is 31.4. The minimum absolute atomic E-state index is 0.0640. The first-order valence-electron chi connectivity index (χ1n) is 24.1. The van der Waals surface area contributed by atoms with Crippen molar-refractivity contribution >= 4 is 10.4 Å². The van der Waals surface area contributed by atoms with Gasteiger partial charge in [0.1, 0.15) is 67.1 Å². The van der Waals surface area contributed by atoms with Crippen molar-refractivity contribution in [2.75, 3.05) is 19.8 Å². The highest BCUT2D eigenvalue weighted by molar-refractivity contribution is 7.80. The molecule has 7 fully saturated rings. The summed E-state index contributed by atoms with van der Waals surface area (Å²) in [6.07, 6.45) is -14.6. The molecular weight excluding hydrogens is 909 g/mol. The maximum absolute atomic E-state index is 12.1. The molecule has 0 aromatic rings.